The van der Waals surface area contributed by atoms with Gasteiger partial charge in [0.15, 0.2) is 5.69 Å². The van der Waals surface area contributed by atoms with Gasteiger partial charge in [-0.2, -0.15) is 5.26 Å². The van der Waals surface area contributed by atoms with Gasteiger partial charge in [-0.05, 0) is 30.4 Å². The van der Waals surface area contributed by atoms with Crippen molar-refractivity contribution in [2.75, 3.05) is 6.54 Å². The smallest absolute Gasteiger partial charge is 0.303 e. The normalized spacial score (nSPS) is 12.8. The number of hydrogen-bond acceptors (Lipinski definition) is 5. The molecule has 0 aliphatic rings. The van der Waals surface area contributed by atoms with Crippen molar-refractivity contribution in [2.24, 2.45) is 11.8 Å². The first-order valence-electron chi connectivity index (χ1n) is 6.82. The summed E-state index contributed by atoms with van der Waals surface area (Å²) in [6.45, 7) is 3.89. The molecule has 0 aliphatic heterocycles. The molecule has 22 heavy (non-hydrogen) atoms. The van der Waals surface area contributed by atoms with Gasteiger partial charge in [0, 0.05) is 19.2 Å². The quantitative estimate of drug-likeness (QED) is 0.744. The Labute approximate surface area is 130 Å². The molecule has 8 heteroatoms. The van der Waals surface area contributed by atoms with Crippen molar-refractivity contribution in [1.82, 2.24) is 9.71 Å². The SMILES string of the molecule is CC(C)C[C@H](CNS(=O)(=O)c1cccnc1C#N)CC(=O)O. The number of carboxylic acid groups (broad SMARTS) is 1. The van der Waals surface area contributed by atoms with Crippen LogP contribution in [0.5, 0.6) is 0 Å². The second-order valence-electron chi connectivity index (χ2n) is 5.41. The summed E-state index contributed by atoms with van der Waals surface area (Å²) in [5.74, 6) is -1.03. The fourth-order valence-corrected chi connectivity index (χ4v) is 3.37. The lowest BCUT2D eigenvalue weighted by Crippen LogP contribution is -2.31. The van der Waals surface area contributed by atoms with E-state index in [0.717, 1.165) is 0 Å². The molecule has 0 bridgehead atoms. The van der Waals surface area contributed by atoms with Gasteiger partial charge in [-0.3, -0.25) is 4.79 Å². The number of pyridine rings is 1. The predicted molar refractivity (Wildman–Crippen MR) is 79.3 cm³/mol. The molecular weight excluding hydrogens is 306 g/mol. The van der Waals surface area contributed by atoms with E-state index in [4.69, 9.17) is 10.4 Å². The summed E-state index contributed by atoms with van der Waals surface area (Å²) in [7, 11) is -3.90. The molecule has 1 aromatic rings. The Morgan fingerprint density at radius 1 is 1.50 bits per heavy atom. The first kappa shape index (κ1) is 18.1. The van der Waals surface area contributed by atoms with E-state index in [9.17, 15) is 13.2 Å². The fourth-order valence-electron chi connectivity index (χ4n) is 2.15. The highest BCUT2D eigenvalue weighted by atomic mass is 32.2. The van der Waals surface area contributed by atoms with Crippen LogP contribution in [-0.2, 0) is 14.8 Å². The van der Waals surface area contributed by atoms with E-state index in [1.165, 1.54) is 18.3 Å². The Hall–Kier alpha value is -1.98. The third-order valence-corrected chi connectivity index (χ3v) is 4.45. The number of hydrogen-bond donors (Lipinski definition) is 2. The Morgan fingerprint density at radius 2 is 2.18 bits per heavy atom. The molecule has 0 radical (unpaired) electrons. The van der Waals surface area contributed by atoms with Crippen LogP contribution < -0.4 is 4.72 Å². The maximum atomic E-state index is 12.2. The van der Waals surface area contributed by atoms with Gasteiger partial charge < -0.3 is 5.11 Å². The van der Waals surface area contributed by atoms with Crippen LogP contribution >= 0.6 is 0 Å². The molecule has 120 valence electrons. The Balaban J connectivity index is 2.87. The monoisotopic (exact) mass is 325 g/mol. The van der Waals surface area contributed by atoms with Gasteiger partial charge in [-0.25, -0.2) is 18.1 Å². The Bertz CT molecular complexity index is 665. The average Bonchev–Trinajstić information content (AvgIpc) is 2.43. The molecular formula is C14H19N3O4S. The molecule has 7 nitrogen and oxygen atoms in total. The highest BCUT2D eigenvalue weighted by Gasteiger charge is 2.22. The molecule has 0 fully saturated rings. The molecule has 0 saturated carbocycles. The standard InChI is InChI=1S/C14H19N3O4S/c1-10(2)6-11(7-14(18)19)9-17-22(20,21)13-4-3-5-16-12(13)8-15/h3-5,10-11,17H,6-7,9H2,1-2H3,(H,18,19)/t11-/m0/s1. The molecule has 0 aliphatic carbocycles. The van der Waals surface area contributed by atoms with Gasteiger partial charge in [0.2, 0.25) is 10.0 Å². The molecule has 0 spiro atoms. The lowest BCUT2D eigenvalue weighted by Gasteiger charge is -2.18. The summed E-state index contributed by atoms with van der Waals surface area (Å²) in [5.41, 5.74) is -0.186. The number of carbonyl (C=O) groups is 1. The topological polar surface area (TPSA) is 120 Å². The van der Waals surface area contributed by atoms with Crippen LogP contribution in [0.1, 0.15) is 32.4 Å². The number of aliphatic carboxylic acids is 1. The molecule has 1 aromatic heterocycles. The van der Waals surface area contributed by atoms with Crippen LogP contribution in [0.15, 0.2) is 23.2 Å². The first-order valence-corrected chi connectivity index (χ1v) is 8.31. The van der Waals surface area contributed by atoms with Crippen LogP contribution in [0.25, 0.3) is 0 Å². The number of nitriles is 1. The Kier molecular flexibility index (Phi) is 6.46. The highest BCUT2D eigenvalue weighted by molar-refractivity contribution is 7.89. The summed E-state index contributed by atoms with van der Waals surface area (Å²) in [6, 6.07) is 4.45. The zero-order valence-electron chi connectivity index (χ0n) is 12.5. The van der Waals surface area contributed by atoms with Crippen LogP contribution in [0.3, 0.4) is 0 Å². The first-order chi connectivity index (χ1) is 10.3. The van der Waals surface area contributed by atoms with E-state index in [2.05, 4.69) is 9.71 Å². The third-order valence-electron chi connectivity index (χ3n) is 3.00. The summed E-state index contributed by atoms with van der Waals surface area (Å²) in [5, 5.41) is 17.8. The number of nitrogens with zero attached hydrogens (tertiary/aromatic N) is 2. The minimum Gasteiger partial charge on any atom is -0.481 e. The van der Waals surface area contributed by atoms with Gasteiger partial charge in [-0.1, -0.05) is 13.8 Å². The summed E-state index contributed by atoms with van der Waals surface area (Å²) >= 11 is 0. The summed E-state index contributed by atoms with van der Waals surface area (Å²) < 4.78 is 26.9. The van der Waals surface area contributed by atoms with Crippen molar-refractivity contribution in [3.8, 4) is 6.07 Å². The third kappa shape index (κ3) is 5.42. The van der Waals surface area contributed by atoms with Crippen LogP contribution in [0.4, 0.5) is 0 Å². The van der Waals surface area contributed by atoms with Gasteiger partial charge in [0.05, 0.1) is 0 Å². The van der Waals surface area contributed by atoms with E-state index < -0.39 is 16.0 Å². The molecule has 1 heterocycles. The van der Waals surface area contributed by atoms with Crippen LogP contribution in [0, 0.1) is 23.2 Å². The van der Waals surface area contributed by atoms with E-state index in [-0.39, 0.29) is 35.4 Å². The molecule has 0 saturated heterocycles. The lowest BCUT2D eigenvalue weighted by atomic mass is 9.94. The maximum Gasteiger partial charge on any atom is 0.303 e. The highest BCUT2D eigenvalue weighted by Crippen LogP contribution is 2.17. The number of aromatic nitrogens is 1. The van der Waals surface area contributed by atoms with Crippen molar-refractivity contribution in [3.05, 3.63) is 24.0 Å². The van der Waals surface area contributed by atoms with Crippen molar-refractivity contribution < 1.29 is 18.3 Å². The number of rotatable bonds is 8. The zero-order chi connectivity index (χ0) is 16.8. The van der Waals surface area contributed by atoms with Gasteiger partial charge in [-0.15, -0.1) is 0 Å². The van der Waals surface area contributed by atoms with Crippen molar-refractivity contribution in [1.29, 1.82) is 5.26 Å². The predicted octanol–water partition coefficient (Wildman–Crippen LogP) is 1.37. The Morgan fingerprint density at radius 3 is 2.73 bits per heavy atom. The average molecular weight is 325 g/mol. The van der Waals surface area contributed by atoms with E-state index in [1.807, 2.05) is 13.8 Å². The molecule has 1 rings (SSSR count). The zero-order valence-corrected chi connectivity index (χ0v) is 13.3. The second-order valence-corrected chi connectivity index (χ2v) is 7.14. The van der Waals surface area contributed by atoms with Crippen molar-refractivity contribution in [2.45, 2.75) is 31.6 Å². The van der Waals surface area contributed by atoms with Gasteiger partial charge in [0.25, 0.3) is 0 Å². The van der Waals surface area contributed by atoms with E-state index >= 15 is 0 Å². The molecule has 1 atom stereocenters. The van der Waals surface area contributed by atoms with E-state index in [0.29, 0.717) is 6.42 Å². The van der Waals surface area contributed by atoms with Crippen LogP contribution in [-0.4, -0.2) is 31.0 Å². The maximum absolute atomic E-state index is 12.2. The van der Waals surface area contributed by atoms with Crippen LogP contribution in [0.2, 0.25) is 0 Å². The van der Waals surface area contributed by atoms with Gasteiger partial charge in [0.1, 0.15) is 11.0 Å². The molecule has 0 unspecified atom stereocenters. The minimum atomic E-state index is -3.90. The minimum absolute atomic E-state index is 0.00652. The lowest BCUT2D eigenvalue weighted by molar-refractivity contribution is -0.138. The summed E-state index contributed by atoms with van der Waals surface area (Å²) in [4.78, 5) is 14.4. The number of sulfonamides is 1. The van der Waals surface area contributed by atoms with Crippen molar-refractivity contribution >= 4 is 16.0 Å². The molecule has 0 amide bonds. The van der Waals surface area contributed by atoms with Crippen molar-refractivity contribution in [3.63, 3.8) is 0 Å². The summed E-state index contributed by atoms with van der Waals surface area (Å²) in [6.07, 6.45) is 1.81. The van der Waals surface area contributed by atoms with Gasteiger partial charge >= 0.3 is 5.97 Å². The molecule has 0 aromatic carbocycles. The molecule has 2 N–H and O–H groups in total. The largest absolute Gasteiger partial charge is 0.481 e. The number of nitrogens with one attached hydrogen (secondary N) is 1. The van der Waals surface area contributed by atoms with E-state index in [1.54, 1.807) is 6.07 Å². The fraction of sp³-hybridized carbons (Fsp3) is 0.500. The number of carboxylic acids is 1. The second kappa shape index (κ2) is 7.87.